The van der Waals surface area contributed by atoms with Gasteiger partial charge in [0.1, 0.15) is 5.01 Å². The van der Waals surface area contributed by atoms with Crippen LogP contribution in [0.15, 0.2) is 0 Å². The first-order chi connectivity index (χ1) is 8.65. The molecule has 7 heteroatoms. The Morgan fingerprint density at radius 1 is 1.39 bits per heavy atom. The average Bonchev–Trinajstić information content (AvgIpc) is 2.91. The Hall–Kier alpha value is -1.63. The summed E-state index contributed by atoms with van der Waals surface area (Å²) in [5, 5.41) is 17.6. The molecule has 2 aromatic rings. The lowest BCUT2D eigenvalue weighted by molar-refractivity contribution is 0.370. The van der Waals surface area contributed by atoms with Crippen LogP contribution >= 0.6 is 11.3 Å². The van der Waals surface area contributed by atoms with Crippen LogP contribution in [0.4, 0.5) is 5.13 Å². The van der Waals surface area contributed by atoms with Gasteiger partial charge in [-0.3, -0.25) is 0 Å². The second kappa shape index (κ2) is 5.34. The number of nitrogens with zero attached hydrogens (tertiary/aromatic N) is 4. The molecule has 0 saturated heterocycles. The van der Waals surface area contributed by atoms with Crippen LogP contribution in [-0.2, 0) is 20.0 Å². The smallest absolute Gasteiger partial charge is 0.216 e. The molecule has 6 nitrogen and oxygen atoms in total. The minimum atomic E-state index is 0.640. The van der Waals surface area contributed by atoms with E-state index in [-0.39, 0.29) is 0 Å². The van der Waals surface area contributed by atoms with Crippen molar-refractivity contribution in [2.75, 3.05) is 12.4 Å². The van der Waals surface area contributed by atoms with E-state index in [1.807, 2.05) is 14.0 Å². The van der Waals surface area contributed by atoms with Gasteiger partial charge in [-0.05, 0) is 13.3 Å². The number of nitrogens with one attached hydrogen (secondary N) is 1. The molecule has 0 radical (unpaired) electrons. The average molecular weight is 267 g/mol. The molecule has 0 aliphatic carbocycles. The highest BCUT2D eigenvalue weighted by Gasteiger charge is 2.14. The zero-order chi connectivity index (χ0) is 13.1. The zero-order valence-electron chi connectivity index (χ0n) is 11.0. The molecule has 2 aromatic heterocycles. The molecule has 98 valence electrons. The van der Waals surface area contributed by atoms with E-state index in [0.29, 0.717) is 6.54 Å². The highest BCUT2D eigenvalue weighted by Crippen LogP contribution is 2.23. The maximum Gasteiger partial charge on any atom is 0.216 e. The number of hydrogen-bond acceptors (Lipinski definition) is 6. The van der Waals surface area contributed by atoms with Crippen LogP contribution in [-0.4, -0.2) is 27.1 Å². The van der Waals surface area contributed by atoms with Crippen molar-refractivity contribution in [3.05, 3.63) is 16.3 Å². The van der Waals surface area contributed by atoms with Crippen molar-refractivity contribution in [3.8, 4) is 5.88 Å². The van der Waals surface area contributed by atoms with Gasteiger partial charge in [0.25, 0.3) is 0 Å². The summed E-state index contributed by atoms with van der Waals surface area (Å²) < 4.78 is 7.08. The van der Waals surface area contributed by atoms with Crippen LogP contribution in [0.1, 0.15) is 23.2 Å². The van der Waals surface area contributed by atoms with Crippen LogP contribution in [0.25, 0.3) is 0 Å². The highest BCUT2D eigenvalue weighted by molar-refractivity contribution is 7.15. The van der Waals surface area contributed by atoms with E-state index in [1.165, 1.54) is 0 Å². The molecule has 0 bridgehead atoms. The van der Waals surface area contributed by atoms with Crippen LogP contribution in [0.5, 0.6) is 5.88 Å². The highest BCUT2D eigenvalue weighted by atomic mass is 32.1. The van der Waals surface area contributed by atoms with Crippen molar-refractivity contribution >= 4 is 16.5 Å². The number of anilines is 1. The summed E-state index contributed by atoms with van der Waals surface area (Å²) >= 11 is 1.58. The Morgan fingerprint density at radius 2 is 2.17 bits per heavy atom. The topological polar surface area (TPSA) is 64.9 Å². The van der Waals surface area contributed by atoms with Gasteiger partial charge in [0.15, 0.2) is 0 Å². The molecule has 2 rings (SSSR count). The lowest BCUT2D eigenvalue weighted by Gasteiger charge is -2.05. The molecule has 0 saturated carbocycles. The fraction of sp³-hybridized carbons (Fsp3) is 0.545. The van der Waals surface area contributed by atoms with Crippen molar-refractivity contribution in [2.24, 2.45) is 7.05 Å². The maximum absolute atomic E-state index is 5.34. The number of rotatable bonds is 5. The predicted molar refractivity (Wildman–Crippen MR) is 71.1 cm³/mol. The number of hydrogen-bond donors (Lipinski definition) is 1. The molecule has 0 spiro atoms. The minimum absolute atomic E-state index is 0.640. The van der Waals surface area contributed by atoms with Gasteiger partial charge < -0.3 is 10.1 Å². The molecule has 1 N–H and O–H groups in total. The number of aryl methyl sites for hydroxylation is 3. The van der Waals surface area contributed by atoms with Gasteiger partial charge in [0, 0.05) is 13.6 Å². The molecule has 18 heavy (non-hydrogen) atoms. The molecule has 0 aliphatic rings. The SMILES string of the molecule is CCc1nnc(NCc2c(C)nn(C)c2OC)s1. The third-order valence-electron chi connectivity index (χ3n) is 2.67. The fourth-order valence-electron chi connectivity index (χ4n) is 1.77. The Kier molecular flexibility index (Phi) is 3.81. The zero-order valence-corrected chi connectivity index (χ0v) is 11.8. The van der Waals surface area contributed by atoms with Gasteiger partial charge in [-0.15, -0.1) is 10.2 Å². The van der Waals surface area contributed by atoms with E-state index in [0.717, 1.165) is 33.7 Å². The van der Waals surface area contributed by atoms with Crippen LogP contribution in [0.2, 0.25) is 0 Å². The van der Waals surface area contributed by atoms with Gasteiger partial charge >= 0.3 is 0 Å². The predicted octanol–water partition coefficient (Wildman–Crippen LogP) is 1.76. The normalized spacial score (nSPS) is 10.7. The third-order valence-corrected chi connectivity index (χ3v) is 3.69. The van der Waals surface area contributed by atoms with Gasteiger partial charge in [0.2, 0.25) is 11.0 Å². The summed E-state index contributed by atoms with van der Waals surface area (Å²) in [4.78, 5) is 0. The monoisotopic (exact) mass is 267 g/mol. The first kappa shape index (κ1) is 12.8. The van der Waals surface area contributed by atoms with Crippen molar-refractivity contribution in [2.45, 2.75) is 26.8 Å². The lowest BCUT2D eigenvalue weighted by atomic mass is 10.2. The molecule has 2 heterocycles. The van der Waals surface area contributed by atoms with Crippen molar-refractivity contribution in [1.29, 1.82) is 0 Å². The fourth-order valence-corrected chi connectivity index (χ4v) is 2.45. The Bertz CT molecular complexity index is 534. The van der Waals surface area contributed by atoms with E-state index < -0.39 is 0 Å². The van der Waals surface area contributed by atoms with Gasteiger partial charge in [0.05, 0.1) is 18.4 Å². The molecular formula is C11H17N5OS. The van der Waals surface area contributed by atoms with Gasteiger partial charge in [-0.1, -0.05) is 18.3 Å². The number of ether oxygens (including phenoxy) is 1. The van der Waals surface area contributed by atoms with Crippen molar-refractivity contribution < 1.29 is 4.74 Å². The summed E-state index contributed by atoms with van der Waals surface area (Å²) in [5.41, 5.74) is 2.01. The number of methoxy groups -OCH3 is 1. The molecule has 0 unspecified atom stereocenters. The van der Waals surface area contributed by atoms with Crippen LogP contribution < -0.4 is 10.1 Å². The van der Waals surface area contributed by atoms with Crippen LogP contribution in [0.3, 0.4) is 0 Å². The molecule has 0 aliphatic heterocycles. The molecule has 0 aromatic carbocycles. The maximum atomic E-state index is 5.34. The summed E-state index contributed by atoms with van der Waals surface area (Å²) in [6, 6.07) is 0. The van der Waals surface area contributed by atoms with E-state index in [4.69, 9.17) is 4.74 Å². The van der Waals surface area contributed by atoms with E-state index in [2.05, 4.69) is 27.5 Å². The second-order valence-corrected chi connectivity index (χ2v) is 4.97. The number of aromatic nitrogens is 4. The Morgan fingerprint density at radius 3 is 2.78 bits per heavy atom. The summed E-state index contributed by atoms with van der Waals surface area (Å²) in [7, 11) is 3.52. The van der Waals surface area contributed by atoms with E-state index in [9.17, 15) is 0 Å². The van der Waals surface area contributed by atoms with Gasteiger partial charge in [-0.25, -0.2) is 4.68 Å². The first-order valence-corrected chi connectivity index (χ1v) is 6.60. The standard InChI is InChI=1S/C11H17N5OS/c1-5-9-13-14-11(18-9)12-6-8-7(2)15-16(3)10(8)17-4/h5-6H2,1-4H3,(H,12,14). The Balaban J connectivity index is 2.10. The first-order valence-electron chi connectivity index (χ1n) is 5.78. The lowest BCUT2D eigenvalue weighted by Crippen LogP contribution is -2.02. The van der Waals surface area contributed by atoms with E-state index >= 15 is 0 Å². The summed E-state index contributed by atoms with van der Waals surface area (Å²) in [6.07, 6.45) is 0.911. The quantitative estimate of drug-likeness (QED) is 0.894. The van der Waals surface area contributed by atoms with E-state index in [1.54, 1.807) is 23.1 Å². The largest absolute Gasteiger partial charge is 0.481 e. The summed E-state index contributed by atoms with van der Waals surface area (Å²) in [6.45, 7) is 4.68. The minimum Gasteiger partial charge on any atom is -0.481 e. The van der Waals surface area contributed by atoms with Crippen molar-refractivity contribution in [3.63, 3.8) is 0 Å². The molecule has 0 fully saturated rings. The van der Waals surface area contributed by atoms with Gasteiger partial charge in [-0.2, -0.15) is 5.10 Å². The third kappa shape index (κ3) is 2.45. The second-order valence-electron chi connectivity index (χ2n) is 3.90. The Labute approximate surface area is 110 Å². The van der Waals surface area contributed by atoms with Crippen LogP contribution in [0, 0.1) is 6.92 Å². The molecule has 0 amide bonds. The molecular weight excluding hydrogens is 250 g/mol. The molecule has 0 atom stereocenters. The summed E-state index contributed by atoms with van der Waals surface area (Å²) in [5.74, 6) is 0.778. The van der Waals surface area contributed by atoms with Crippen molar-refractivity contribution in [1.82, 2.24) is 20.0 Å².